The van der Waals surface area contributed by atoms with Crippen LogP contribution in [0, 0.1) is 0 Å². The van der Waals surface area contributed by atoms with Gasteiger partial charge in [-0.15, -0.1) is 0 Å². The Morgan fingerprint density at radius 2 is 1.75 bits per heavy atom. The molecule has 7 heteroatoms. The van der Waals surface area contributed by atoms with Gasteiger partial charge in [0.1, 0.15) is 5.52 Å². The molecule has 3 heterocycles. The van der Waals surface area contributed by atoms with Gasteiger partial charge in [0, 0.05) is 36.8 Å². The quantitative estimate of drug-likeness (QED) is 0.687. The molecule has 0 saturated carbocycles. The number of fused-ring (bicyclic) bond motifs is 1. The molecule has 0 unspecified atom stereocenters. The van der Waals surface area contributed by atoms with E-state index in [4.69, 9.17) is 0 Å². The van der Waals surface area contributed by atoms with Crippen molar-refractivity contribution in [1.29, 1.82) is 0 Å². The number of nitrogens with zero attached hydrogens (tertiary/aromatic N) is 4. The second kappa shape index (κ2) is 4.29. The number of pyridine rings is 2. The van der Waals surface area contributed by atoms with E-state index in [1.165, 1.54) is 12.4 Å². The molecule has 3 aromatic heterocycles. The molecule has 102 valence electrons. The van der Waals surface area contributed by atoms with Crippen molar-refractivity contribution in [1.82, 2.24) is 19.7 Å². The third-order valence-corrected chi connectivity index (χ3v) is 3.00. The van der Waals surface area contributed by atoms with Gasteiger partial charge in [-0.3, -0.25) is 14.6 Å². The fourth-order valence-corrected chi connectivity index (χ4v) is 1.94. The second-order valence-corrected chi connectivity index (χ2v) is 4.36. The predicted molar refractivity (Wildman–Crippen MR) is 66.7 cm³/mol. The lowest BCUT2D eigenvalue weighted by Gasteiger charge is -2.08. The molecule has 0 radical (unpaired) electrons. The molecule has 0 bridgehead atoms. The van der Waals surface area contributed by atoms with Crippen molar-refractivity contribution >= 4 is 11.0 Å². The van der Waals surface area contributed by atoms with Crippen LogP contribution in [-0.4, -0.2) is 19.7 Å². The van der Waals surface area contributed by atoms with Crippen LogP contribution in [0.5, 0.6) is 0 Å². The second-order valence-electron chi connectivity index (χ2n) is 4.36. The summed E-state index contributed by atoms with van der Waals surface area (Å²) in [7, 11) is 1.75. The van der Waals surface area contributed by atoms with Crippen LogP contribution >= 0.6 is 0 Å². The summed E-state index contributed by atoms with van der Waals surface area (Å²) in [6.45, 7) is 0. The van der Waals surface area contributed by atoms with E-state index < -0.39 is 11.7 Å². The molecule has 0 aliphatic rings. The number of hydrogen-bond acceptors (Lipinski definition) is 3. The Kier molecular flexibility index (Phi) is 2.70. The predicted octanol–water partition coefficient (Wildman–Crippen LogP) is 3.05. The Bertz CT molecular complexity index is 777. The number of alkyl halides is 3. The Morgan fingerprint density at radius 1 is 1.00 bits per heavy atom. The molecule has 0 saturated heterocycles. The van der Waals surface area contributed by atoms with Crippen molar-refractivity contribution < 1.29 is 13.2 Å². The molecule has 3 rings (SSSR count). The minimum atomic E-state index is -4.41. The van der Waals surface area contributed by atoms with E-state index in [0.717, 1.165) is 17.8 Å². The van der Waals surface area contributed by atoms with Crippen LogP contribution in [0.2, 0.25) is 0 Å². The maximum Gasteiger partial charge on any atom is 0.417 e. The molecule has 0 atom stereocenters. The highest BCUT2D eigenvalue weighted by Crippen LogP contribution is 2.31. The molecule has 0 fully saturated rings. The molecular formula is C13H9F3N4. The number of rotatable bonds is 1. The summed E-state index contributed by atoms with van der Waals surface area (Å²) < 4.78 is 39.7. The van der Waals surface area contributed by atoms with Gasteiger partial charge in [0.15, 0.2) is 0 Å². The zero-order valence-corrected chi connectivity index (χ0v) is 10.4. The fraction of sp³-hybridized carbons (Fsp3) is 0.154. The summed E-state index contributed by atoms with van der Waals surface area (Å²) in [5.41, 5.74) is 1.60. The Hall–Kier alpha value is -2.44. The smallest absolute Gasteiger partial charge is 0.266 e. The van der Waals surface area contributed by atoms with E-state index >= 15 is 0 Å². The molecular weight excluding hydrogens is 269 g/mol. The van der Waals surface area contributed by atoms with E-state index in [1.807, 2.05) is 0 Å². The molecule has 0 N–H and O–H groups in total. The van der Waals surface area contributed by atoms with Gasteiger partial charge < -0.3 is 0 Å². The lowest BCUT2D eigenvalue weighted by molar-refractivity contribution is -0.137. The van der Waals surface area contributed by atoms with Crippen LogP contribution in [0.3, 0.4) is 0 Å². The summed E-state index contributed by atoms with van der Waals surface area (Å²) in [6.07, 6.45) is 0.895. The van der Waals surface area contributed by atoms with Gasteiger partial charge >= 0.3 is 6.18 Å². The molecule has 0 aromatic carbocycles. The van der Waals surface area contributed by atoms with Crippen LogP contribution in [0.4, 0.5) is 13.2 Å². The molecule has 4 nitrogen and oxygen atoms in total. The van der Waals surface area contributed by atoms with E-state index in [-0.39, 0.29) is 0 Å². The van der Waals surface area contributed by atoms with Gasteiger partial charge in [-0.05, 0) is 12.1 Å². The lowest BCUT2D eigenvalue weighted by Crippen LogP contribution is -2.05. The van der Waals surface area contributed by atoms with E-state index in [2.05, 4.69) is 15.1 Å². The highest BCUT2D eigenvalue weighted by molar-refractivity contribution is 5.80. The Labute approximate surface area is 111 Å². The maximum atomic E-state index is 12.7. The van der Waals surface area contributed by atoms with Crippen molar-refractivity contribution in [2.75, 3.05) is 0 Å². The number of halogens is 3. The van der Waals surface area contributed by atoms with E-state index in [0.29, 0.717) is 16.6 Å². The minimum absolute atomic E-state index is 0.371. The highest BCUT2D eigenvalue weighted by atomic mass is 19.4. The van der Waals surface area contributed by atoms with Crippen molar-refractivity contribution in [3.63, 3.8) is 0 Å². The number of aromatic nitrogens is 4. The third kappa shape index (κ3) is 2.11. The van der Waals surface area contributed by atoms with Crippen LogP contribution < -0.4 is 0 Å². The molecule has 0 aliphatic heterocycles. The first-order valence-corrected chi connectivity index (χ1v) is 5.75. The van der Waals surface area contributed by atoms with Crippen LogP contribution in [0.15, 0.2) is 36.9 Å². The SMILES string of the molecule is Cn1ncc2ncc(-c3cncc(C(F)(F)F)c3)cc21. The van der Waals surface area contributed by atoms with Crippen LogP contribution in [-0.2, 0) is 13.2 Å². The molecule has 20 heavy (non-hydrogen) atoms. The summed E-state index contributed by atoms with van der Waals surface area (Å²) in [4.78, 5) is 7.83. The van der Waals surface area contributed by atoms with Crippen molar-refractivity contribution in [2.45, 2.75) is 6.18 Å². The van der Waals surface area contributed by atoms with Crippen molar-refractivity contribution in [2.24, 2.45) is 7.05 Å². The highest BCUT2D eigenvalue weighted by Gasteiger charge is 2.31. The number of hydrogen-bond donors (Lipinski definition) is 0. The van der Waals surface area contributed by atoms with Gasteiger partial charge in [0.05, 0.1) is 17.3 Å². The van der Waals surface area contributed by atoms with Gasteiger partial charge in [-0.2, -0.15) is 18.3 Å². The standard InChI is InChI=1S/C13H9F3N4/c1-20-12-3-9(5-18-11(12)7-19-20)8-2-10(6-17-4-8)13(14,15)16/h2-7H,1H3. The van der Waals surface area contributed by atoms with Gasteiger partial charge in [-0.1, -0.05) is 0 Å². The molecule has 0 aliphatic carbocycles. The Balaban J connectivity index is 2.13. The molecule has 3 aromatic rings. The normalized spacial score (nSPS) is 12.0. The zero-order chi connectivity index (χ0) is 14.3. The van der Waals surface area contributed by atoms with Gasteiger partial charge in [0.2, 0.25) is 0 Å². The van der Waals surface area contributed by atoms with Crippen molar-refractivity contribution in [3.8, 4) is 11.1 Å². The third-order valence-electron chi connectivity index (χ3n) is 3.00. The minimum Gasteiger partial charge on any atom is -0.266 e. The zero-order valence-electron chi connectivity index (χ0n) is 10.4. The summed E-state index contributed by atoms with van der Waals surface area (Å²) in [5.74, 6) is 0. The lowest BCUT2D eigenvalue weighted by atomic mass is 10.1. The summed E-state index contributed by atoms with van der Waals surface area (Å²) in [6, 6.07) is 2.80. The van der Waals surface area contributed by atoms with E-state index in [9.17, 15) is 13.2 Å². The molecule has 0 amide bonds. The fourth-order valence-electron chi connectivity index (χ4n) is 1.94. The van der Waals surface area contributed by atoms with Crippen LogP contribution in [0.25, 0.3) is 22.2 Å². The maximum absolute atomic E-state index is 12.7. The first-order chi connectivity index (χ1) is 9.45. The first kappa shape index (κ1) is 12.6. The monoisotopic (exact) mass is 278 g/mol. The van der Waals surface area contributed by atoms with Crippen LogP contribution in [0.1, 0.15) is 5.56 Å². The van der Waals surface area contributed by atoms with Gasteiger partial charge in [-0.25, -0.2) is 0 Å². The van der Waals surface area contributed by atoms with Crippen molar-refractivity contribution in [3.05, 3.63) is 42.5 Å². The summed E-state index contributed by atoms with van der Waals surface area (Å²) >= 11 is 0. The largest absolute Gasteiger partial charge is 0.417 e. The average molecular weight is 278 g/mol. The van der Waals surface area contributed by atoms with Gasteiger partial charge in [0.25, 0.3) is 0 Å². The number of aryl methyl sites for hydroxylation is 1. The summed E-state index contributed by atoms with van der Waals surface area (Å²) in [5, 5.41) is 4.05. The molecule has 0 spiro atoms. The Morgan fingerprint density at radius 3 is 2.50 bits per heavy atom. The topological polar surface area (TPSA) is 43.6 Å². The van der Waals surface area contributed by atoms with E-state index in [1.54, 1.807) is 24.0 Å². The first-order valence-electron chi connectivity index (χ1n) is 5.75. The average Bonchev–Trinajstić information content (AvgIpc) is 2.79.